The van der Waals surface area contributed by atoms with Crippen molar-refractivity contribution in [2.75, 3.05) is 11.9 Å². The van der Waals surface area contributed by atoms with Crippen molar-refractivity contribution >= 4 is 32.5 Å². The van der Waals surface area contributed by atoms with E-state index in [1.807, 2.05) is 12.1 Å². The smallest absolute Gasteiger partial charge is 0.240 e. The molecular weight excluding hydrogens is 376 g/mol. The molecule has 0 fully saturated rings. The second-order valence-electron chi connectivity index (χ2n) is 5.65. The Morgan fingerprint density at radius 3 is 2.59 bits per heavy atom. The molecule has 0 bridgehead atoms. The Morgan fingerprint density at radius 2 is 1.81 bits per heavy atom. The number of hydrogen-bond donors (Lipinski definition) is 2. The van der Waals surface area contributed by atoms with Crippen molar-refractivity contribution in [1.82, 2.24) is 9.71 Å². The second-order valence-corrected chi connectivity index (χ2v) is 7.42. The van der Waals surface area contributed by atoms with Crippen molar-refractivity contribution in [2.24, 2.45) is 0 Å². The lowest BCUT2D eigenvalue weighted by atomic mass is 10.2. The molecule has 0 aliphatic carbocycles. The number of fused-ring (bicyclic) bond motifs is 1. The minimum Gasteiger partial charge on any atom is -0.324 e. The number of benzene rings is 2. The average molecular weight is 391 g/mol. The summed E-state index contributed by atoms with van der Waals surface area (Å²) in [4.78, 5) is 15.9. The Labute approximate surface area is 154 Å². The van der Waals surface area contributed by atoms with Gasteiger partial charge < -0.3 is 5.32 Å². The van der Waals surface area contributed by atoms with Crippen molar-refractivity contribution in [2.45, 2.75) is 11.3 Å². The lowest BCUT2D eigenvalue weighted by Gasteiger charge is -2.09. The van der Waals surface area contributed by atoms with Crippen LogP contribution in [0, 0.1) is 11.6 Å². The first-order valence-corrected chi connectivity index (χ1v) is 9.43. The molecule has 27 heavy (non-hydrogen) atoms. The predicted molar refractivity (Wildman–Crippen MR) is 96.5 cm³/mol. The van der Waals surface area contributed by atoms with Gasteiger partial charge in [-0.05, 0) is 30.3 Å². The Kier molecular flexibility index (Phi) is 5.43. The summed E-state index contributed by atoms with van der Waals surface area (Å²) in [5.41, 5.74) is 1.14. The van der Waals surface area contributed by atoms with Crippen LogP contribution in [0.3, 0.4) is 0 Å². The van der Waals surface area contributed by atoms with Gasteiger partial charge in [-0.3, -0.25) is 9.78 Å². The minimum atomic E-state index is -4.05. The summed E-state index contributed by atoms with van der Waals surface area (Å²) in [7, 11) is -4.05. The summed E-state index contributed by atoms with van der Waals surface area (Å²) in [6.07, 6.45) is 1.46. The standard InChI is InChI=1S/C18H15F2N3O3S/c19-14-7-6-13(11-15(14)20)27(25,26)22-10-8-17(24)23-16-5-1-3-12-4-2-9-21-18(12)16/h1-7,9,11,22H,8,10H2,(H,23,24). The van der Waals surface area contributed by atoms with E-state index in [-0.39, 0.29) is 13.0 Å². The topological polar surface area (TPSA) is 88.2 Å². The highest BCUT2D eigenvalue weighted by Crippen LogP contribution is 2.20. The maximum absolute atomic E-state index is 13.2. The van der Waals surface area contributed by atoms with Crippen LogP contribution in [0.5, 0.6) is 0 Å². The van der Waals surface area contributed by atoms with E-state index < -0.39 is 32.5 Å². The van der Waals surface area contributed by atoms with Crippen LogP contribution < -0.4 is 10.0 Å². The van der Waals surface area contributed by atoms with Crippen molar-refractivity contribution in [3.05, 3.63) is 66.4 Å². The zero-order chi connectivity index (χ0) is 19.4. The van der Waals surface area contributed by atoms with Crippen molar-refractivity contribution in [1.29, 1.82) is 0 Å². The molecule has 1 heterocycles. The van der Waals surface area contributed by atoms with Crippen LogP contribution in [-0.4, -0.2) is 25.9 Å². The molecule has 3 aromatic rings. The first kappa shape index (κ1) is 18.9. The SMILES string of the molecule is O=C(CCNS(=O)(=O)c1ccc(F)c(F)c1)Nc1cccc2cccnc12. The van der Waals surface area contributed by atoms with Gasteiger partial charge in [0.1, 0.15) is 0 Å². The molecule has 0 radical (unpaired) electrons. The number of halogens is 2. The monoisotopic (exact) mass is 391 g/mol. The molecule has 9 heteroatoms. The maximum Gasteiger partial charge on any atom is 0.240 e. The van der Waals surface area contributed by atoms with Gasteiger partial charge in [0.05, 0.1) is 16.1 Å². The van der Waals surface area contributed by atoms with Crippen LogP contribution in [0.15, 0.2) is 59.6 Å². The molecule has 0 spiro atoms. The number of rotatable bonds is 6. The molecule has 0 aliphatic heterocycles. The highest BCUT2D eigenvalue weighted by Gasteiger charge is 2.17. The first-order chi connectivity index (χ1) is 12.9. The third kappa shape index (κ3) is 4.44. The maximum atomic E-state index is 13.2. The molecule has 1 aromatic heterocycles. The lowest BCUT2D eigenvalue weighted by molar-refractivity contribution is -0.116. The van der Waals surface area contributed by atoms with Gasteiger partial charge in [0.15, 0.2) is 11.6 Å². The van der Waals surface area contributed by atoms with E-state index in [9.17, 15) is 22.0 Å². The molecule has 0 saturated carbocycles. The zero-order valence-corrected chi connectivity index (χ0v) is 14.8. The Balaban J connectivity index is 1.61. The van der Waals surface area contributed by atoms with E-state index in [1.54, 1.807) is 24.4 Å². The number of aromatic nitrogens is 1. The lowest BCUT2D eigenvalue weighted by Crippen LogP contribution is -2.28. The number of nitrogens with zero attached hydrogens (tertiary/aromatic N) is 1. The van der Waals surface area contributed by atoms with E-state index in [2.05, 4.69) is 15.0 Å². The van der Waals surface area contributed by atoms with E-state index >= 15 is 0 Å². The van der Waals surface area contributed by atoms with Gasteiger partial charge in [0.2, 0.25) is 15.9 Å². The summed E-state index contributed by atoms with van der Waals surface area (Å²) in [5, 5.41) is 3.54. The molecular formula is C18H15F2N3O3S. The van der Waals surface area contributed by atoms with E-state index in [4.69, 9.17) is 0 Å². The molecule has 0 unspecified atom stereocenters. The summed E-state index contributed by atoms with van der Waals surface area (Å²) < 4.78 is 52.4. The molecule has 1 amide bonds. The van der Waals surface area contributed by atoms with Crippen LogP contribution in [0.4, 0.5) is 14.5 Å². The molecule has 3 rings (SSSR count). The van der Waals surface area contributed by atoms with Crippen molar-refractivity contribution in [3.63, 3.8) is 0 Å². The molecule has 2 aromatic carbocycles. The second kappa shape index (κ2) is 7.77. The van der Waals surface area contributed by atoms with Crippen molar-refractivity contribution < 1.29 is 22.0 Å². The molecule has 2 N–H and O–H groups in total. The number of sulfonamides is 1. The summed E-state index contributed by atoms with van der Waals surface area (Å²) >= 11 is 0. The fourth-order valence-electron chi connectivity index (χ4n) is 2.44. The highest BCUT2D eigenvalue weighted by molar-refractivity contribution is 7.89. The van der Waals surface area contributed by atoms with Gasteiger partial charge in [-0.2, -0.15) is 0 Å². The predicted octanol–water partition coefficient (Wildman–Crippen LogP) is 2.82. The van der Waals surface area contributed by atoms with Crippen LogP contribution in [0.2, 0.25) is 0 Å². The van der Waals surface area contributed by atoms with Crippen molar-refractivity contribution in [3.8, 4) is 0 Å². The minimum absolute atomic E-state index is 0.147. The number of nitrogens with one attached hydrogen (secondary N) is 2. The third-order valence-corrected chi connectivity index (χ3v) is 5.21. The number of hydrogen-bond acceptors (Lipinski definition) is 4. The molecule has 0 atom stereocenters. The van der Waals surface area contributed by atoms with E-state index in [0.29, 0.717) is 17.3 Å². The van der Waals surface area contributed by atoms with Crippen LogP contribution in [0.25, 0.3) is 10.9 Å². The van der Waals surface area contributed by atoms with Gasteiger partial charge in [-0.1, -0.05) is 18.2 Å². The third-order valence-electron chi connectivity index (χ3n) is 3.75. The summed E-state index contributed by atoms with van der Waals surface area (Å²) in [5.74, 6) is -2.82. The molecule has 140 valence electrons. The van der Waals surface area contributed by atoms with Gasteiger partial charge in [-0.15, -0.1) is 0 Å². The fraction of sp³-hybridized carbons (Fsp3) is 0.111. The Bertz CT molecular complexity index is 1100. The van der Waals surface area contributed by atoms with Crippen LogP contribution in [-0.2, 0) is 14.8 Å². The average Bonchev–Trinajstić information content (AvgIpc) is 2.64. The van der Waals surface area contributed by atoms with Crippen LogP contribution in [0.1, 0.15) is 6.42 Å². The molecule has 0 aliphatic rings. The Morgan fingerprint density at radius 1 is 1.04 bits per heavy atom. The van der Waals surface area contributed by atoms with Crippen LogP contribution >= 0.6 is 0 Å². The Hall–Kier alpha value is -2.91. The highest BCUT2D eigenvalue weighted by atomic mass is 32.2. The quantitative estimate of drug-likeness (QED) is 0.676. The summed E-state index contributed by atoms with van der Waals surface area (Å²) in [6, 6.07) is 11.2. The number of para-hydroxylation sites is 1. The zero-order valence-electron chi connectivity index (χ0n) is 13.9. The largest absolute Gasteiger partial charge is 0.324 e. The van der Waals surface area contributed by atoms with E-state index in [1.165, 1.54) is 0 Å². The number of pyridine rings is 1. The first-order valence-electron chi connectivity index (χ1n) is 7.95. The number of carbonyl (C=O) groups is 1. The molecule has 0 saturated heterocycles. The van der Waals surface area contributed by atoms with Gasteiger partial charge in [0, 0.05) is 24.5 Å². The normalized spacial score (nSPS) is 11.5. The van der Waals surface area contributed by atoms with Gasteiger partial charge in [0.25, 0.3) is 0 Å². The summed E-state index contributed by atoms with van der Waals surface area (Å²) in [6.45, 7) is -0.203. The molecule has 6 nitrogen and oxygen atoms in total. The number of carbonyl (C=O) groups excluding carboxylic acids is 1. The van der Waals surface area contributed by atoms with Gasteiger partial charge >= 0.3 is 0 Å². The van der Waals surface area contributed by atoms with E-state index in [0.717, 1.165) is 17.5 Å². The number of amides is 1. The fourth-order valence-corrected chi connectivity index (χ4v) is 3.49. The van der Waals surface area contributed by atoms with Gasteiger partial charge in [-0.25, -0.2) is 21.9 Å². The number of anilines is 1.